The van der Waals surface area contributed by atoms with Crippen molar-refractivity contribution in [2.45, 2.75) is 70.1 Å². The number of benzene rings is 2. The molecule has 0 aliphatic heterocycles. The highest BCUT2D eigenvalue weighted by molar-refractivity contribution is 5.37. The van der Waals surface area contributed by atoms with E-state index in [-0.39, 0.29) is 5.92 Å². The molecule has 1 saturated carbocycles. The Morgan fingerprint density at radius 3 is 1.96 bits per heavy atom. The lowest BCUT2D eigenvalue weighted by Gasteiger charge is -2.29. The first-order chi connectivity index (χ1) is 13.1. The minimum atomic E-state index is -0.742. The van der Waals surface area contributed by atoms with Crippen LogP contribution in [0.1, 0.15) is 86.0 Å². The maximum absolute atomic E-state index is 13.9. The molecule has 0 bridgehead atoms. The molecule has 0 spiro atoms. The van der Waals surface area contributed by atoms with E-state index in [1.165, 1.54) is 42.5 Å². The molecule has 1 aliphatic rings. The molecule has 0 saturated heterocycles. The predicted molar refractivity (Wildman–Crippen MR) is 105 cm³/mol. The van der Waals surface area contributed by atoms with Crippen LogP contribution in [0.4, 0.5) is 8.78 Å². The standard InChI is InChI=1S/C24H27F2N/c1-2-3-4-5-17-6-8-18(9-7-17)19-10-12-20(13-11-19)21-14-23(25)22(16-27)24(26)15-21/h6-9,14-15,19-20H,2-5,10-13H2,1H3/t19-,20-. The number of nitriles is 1. The number of hydrogen-bond acceptors (Lipinski definition) is 1. The minimum Gasteiger partial charge on any atom is -0.205 e. The summed E-state index contributed by atoms with van der Waals surface area (Å²) in [4.78, 5) is 0. The zero-order valence-corrected chi connectivity index (χ0v) is 16.0. The number of halogens is 2. The van der Waals surface area contributed by atoms with Crippen LogP contribution in [-0.2, 0) is 6.42 Å². The van der Waals surface area contributed by atoms with E-state index >= 15 is 0 Å². The molecular weight excluding hydrogens is 340 g/mol. The zero-order chi connectivity index (χ0) is 19.2. The minimum absolute atomic E-state index is 0.173. The maximum Gasteiger partial charge on any atom is 0.144 e. The smallest absolute Gasteiger partial charge is 0.144 e. The molecule has 1 nitrogen and oxygen atoms in total. The highest BCUT2D eigenvalue weighted by atomic mass is 19.1. The van der Waals surface area contributed by atoms with Crippen LogP contribution in [0.25, 0.3) is 0 Å². The number of unbranched alkanes of at least 4 members (excludes halogenated alkanes) is 2. The van der Waals surface area contributed by atoms with Crippen molar-refractivity contribution in [2.75, 3.05) is 0 Å². The largest absolute Gasteiger partial charge is 0.205 e. The van der Waals surface area contributed by atoms with Gasteiger partial charge in [-0.25, -0.2) is 8.78 Å². The number of aryl methyl sites for hydroxylation is 1. The van der Waals surface area contributed by atoms with Gasteiger partial charge in [0.25, 0.3) is 0 Å². The lowest BCUT2D eigenvalue weighted by atomic mass is 9.76. The summed E-state index contributed by atoms with van der Waals surface area (Å²) in [5.74, 6) is -0.785. The Morgan fingerprint density at radius 2 is 1.44 bits per heavy atom. The molecule has 0 heterocycles. The lowest BCUT2D eigenvalue weighted by molar-refractivity contribution is 0.394. The van der Waals surface area contributed by atoms with Crippen LogP contribution in [0.3, 0.4) is 0 Å². The average Bonchev–Trinajstić information content (AvgIpc) is 2.69. The van der Waals surface area contributed by atoms with E-state index in [1.807, 2.05) is 0 Å². The lowest BCUT2D eigenvalue weighted by Crippen LogP contribution is -2.13. The highest BCUT2D eigenvalue weighted by Gasteiger charge is 2.25. The van der Waals surface area contributed by atoms with Gasteiger partial charge in [-0.3, -0.25) is 0 Å². The van der Waals surface area contributed by atoms with Gasteiger partial charge >= 0.3 is 0 Å². The molecular formula is C24H27F2N. The average molecular weight is 367 g/mol. The van der Waals surface area contributed by atoms with Gasteiger partial charge in [-0.15, -0.1) is 0 Å². The molecule has 27 heavy (non-hydrogen) atoms. The first-order valence-corrected chi connectivity index (χ1v) is 10.1. The van der Waals surface area contributed by atoms with Gasteiger partial charge in [0, 0.05) is 0 Å². The van der Waals surface area contributed by atoms with Crippen LogP contribution < -0.4 is 0 Å². The Balaban J connectivity index is 1.60. The molecule has 2 aromatic carbocycles. The summed E-state index contributed by atoms with van der Waals surface area (Å²) >= 11 is 0. The number of nitrogens with zero attached hydrogens (tertiary/aromatic N) is 1. The van der Waals surface area contributed by atoms with Gasteiger partial charge in [-0.1, -0.05) is 44.0 Å². The van der Waals surface area contributed by atoms with E-state index in [1.54, 1.807) is 6.07 Å². The summed E-state index contributed by atoms with van der Waals surface area (Å²) in [6, 6.07) is 13.3. The molecule has 3 rings (SSSR count). The second-order valence-corrected chi connectivity index (χ2v) is 7.72. The van der Waals surface area contributed by atoms with Crippen molar-refractivity contribution in [2.24, 2.45) is 0 Å². The van der Waals surface area contributed by atoms with Crippen molar-refractivity contribution in [3.8, 4) is 6.07 Å². The van der Waals surface area contributed by atoms with Crippen LogP contribution in [0, 0.1) is 23.0 Å². The molecule has 2 aromatic rings. The molecule has 0 atom stereocenters. The molecule has 0 N–H and O–H groups in total. The monoisotopic (exact) mass is 367 g/mol. The highest BCUT2D eigenvalue weighted by Crippen LogP contribution is 2.41. The normalized spacial score (nSPS) is 19.6. The summed E-state index contributed by atoms with van der Waals surface area (Å²) in [6.07, 6.45) is 8.83. The van der Waals surface area contributed by atoms with Crippen molar-refractivity contribution < 1.29 is 8.78 Å². The zero-order valence-electron chi connectivity index (χ0n) is 16.0. The SMILES string of the molecule is CCCCCc1ccc([C@H]2CC[C@H](c3cc(F)c(C#N)c(F)c3)CC2)cc1. The van der Waals surface area contributed by atoms with Crippen LogP contribution in [0.5, 0.6) is 0 Å². The summed E-state index contributed by atoms with van der Waals surface area (Å²) in [6.45, 7) is 2.22. The van der Waals surface area contributed by atoms with E-state index in [0.29, 0.717) is 11.5 Å². The van der Waals surface area contributed by atoms with E-state index in [0.717, 1.165) is 32.1 Å². The molecule has 0 unspecified atom stereocenters. The van der Waals surface area contributed by atoms with E-state index in [4.69, 9.17) is 5.26 Å². The second kappa shape index (κ2) is 9.13. The van der Waals surface area contributed by atoms with Gasteiger partial charge in [0.05, 0.1) is 0 Å². The summed E-state index contributed by atoms with van der Waals surface area (Å²) < 4.78 is 27.8. The van der Waals surface area contributed by atoms with Crippen molar-refractivity contribution in [1.29, 1.82) is 5.26 Å². The third-order valence-corrected chi connectivity index (χ3v) is 5.89. The Labute approximate surface area is 161 Å². The quantitative estimate of drug-likeness (QED) is 0.504. The fraction of sp³-hybridized carbons (Fsp3) is 0.458. The summed E-state index contributed by atoms with van der Waals surface area (Å²) in [7, 11) is 0. The summed E-state index contributed by atoms with van der Waals surface area (Å²) in [5.41, 5.74) is 2.99. The Hall–Kier alpha value is -2.21. The van der Waals surface area contributed by atoms with Gasteiger partial charge in [0.2, 0.25) is 0 Å². The Morgan fingerprint density at radius 1 is 0.889 bits per heavy atom. The van der Waals surface area contributed by atoms with Crippen molar-refractivity contribution in [3.05, 3.63) is 70.3 Å². The van der Waals surface area contributed by atoms with Crippen molar-refractivity contribution in [1.82, 2.24) is 0 Å². The number of rotatable bonds is 6. The fourth-order valence-electron chi connectivity index (χ4n) is 4.23. The molecule has 1 fully saturated rings. The topological polar surface area (TPSA) is 23.8 Å². The first kappa shape index (κ1) is 19.5. The number of hydrogen-bond donors (Lipinski definition) is 0. The van der Waals surface area contributed by atoms with Crippen LogP contribution >= 0.6 is 0 Å². The van der Waals surface area contributed by atoms with Crippen molar-refractivity contribution >= 4 is 0 Å². The third-order valence-electron chi connectivity index (χ3n) is 5.89. The van der Waals surface area contributed by atoms with Gasteiger partial charge in [0.1, 0.15) is 23.3 Å². The predicted octanol–water partition coefficient (Wildman–Crippen LogP) is 7.01. The fourth-order valence-corrected chi connectivity index (χ4v) is 4.23. The van der Waals surface area contributed by atoms with Gasteiger partial charge in [-0.2, -0.15) is 5.26 Å². The second-order valence-electron chi connectivity index (χ2n) is 7.72. The molecule has 1 aliphatic carbocycles. The molecule has 0 radical (unpaired) electrons. The van der Waals surface area contributed by atoms with E-state index in [2.05, 4.69) is 31.2 Å². The third kappa shape index (κ3) is 4.75. The van der Waals surface area contributed by atoms with E-state index < -0.39 is 17.2 Å². The Kier molecular flexibility index (Phi) is 6.61. The van der Waals surface area contributed by atoms with Crippen LogP contribution in [0.2, 0.25) is 0 Å². The first-order valence-electron chi connectivity index (χ1n) is 10.1. The molecule has 0 amide bonds. The van der Waals surface area contributed by atoms with Crippen LogP contribution in [-0.4, -0.2) is 0 Å². The van der Waals surface area contributed by atoms with Crippen molar-refractivity contribution in [3.63, 3.8) is 0 Å². The van der Waals surface area contributed by atoms with Crippen LogP contribution in [0.15, 0.2) is 36.4 Å². The molecule has 142 valence electrons. The van der Waals surface area contributed by atoms with Gasteiger partial charge in [-0.05, 0) is 79.2 Å². The molecule has 0 aromatic heterocycles. The summed E-state index contributed by atoms with van der Waals surface area (Å²) in [5, 5.41) is 8.81. The van der Waals surface area contributed by atoms with Gasteiger partial charge in [0.15, 0.2) is 0 Å². The van der Waals surface area contributed by atoms with Gasteiger partial charge < -0.3 is 0 Å². The van der Waals surface area contributed by atoms with E-state index in [9.17, 15) is 8.78 Å². The Bertz CT molecular complexity index is 773. The molecule has 3 heteroatoms. The maximum atomic E-state index is 13.9.